The molecule has 0 N–H and O–H groups in total. The number of hydrogen-bond donors (Lipinski definition) is 0. The molecule has 0 amide bonds. The van der Waals surface area contributed by atoms with Gasteiger partial charge < -0.3 is 4.74 Å². The SMILES string of the molecule is O=S(=O)(Cl)c1cc(Br)ccc1OCCC1CC1. The largest absolute Gasteiger partial charge is 0.492 e. The Morgan fingerprint density at radius 3 is 2.71 bits per heavy atom. The molecule has 2 rings (SSSR count). The summed E-state index contributed by atoms with van der Waals surface area (Å²) in [4.78, 5) is 0.0179. The summed E-state index contributed by atoms with van der Waals surface area (Å²) in [5, 5.41) is 0. The first-order chi connectivity index (χ1) is 7.97. The van der Waals surface area contributed by atoms with Crippen molar-refractivity contribution < 1.29 is 13.2 Å². The molecule has 0 radical (unpaired) electrons. The monoisotopic (exact) mass is 338 g/mol. The van der Waals surface area contributed by atoms with Crippen LogP contribution in [0, 0.1) is 5.92 Å². The van der Waals surface area contributed by atoms with Crippen LogP contribution in [0.1, 0.15) is 19.3 Å². The highest BCUT2D eigenvalue weighted by molar-refractivity contribution is 9.10. The molecule has 0 bridgehead atoms. The van der Waals surface area contributed by atoms with Crippen molar-refractivity contribution in [1.29, 1.82) is 0 Å². The smallest absolute Gasteiger partial charge is 0.265 e. The van der Waals surface area contributed by atoms with Gasteiger partial charge in [-0.25, -0.2) is 8.42 Å². The lowest BCUT2D eigenvalue weighted by Crippen LogP contribution is -2.02. The van der Waals surface area contributed by atoms with E-state index in [9.17, 15) is 8.42 Å². The predicted molar refractivity (Wildman–Crippen MR) is 70.0 cm³/mol. The van der Waals surface area contributed by atoms with Crippen molar-refractivity contribution >= 4 is 35.7 Å². The zero-order valence-corrected chi connectivity index (χ0v) is 12.2. The molecule has 0 atom stereocenters. The van der Waals surface area contributed by atoms with Gasteiger partial charge in [0.25, 0.3) is 9.05 Å². The average molecular weight is 340 g/mol. The van der Waals surface area contributed by atoms with E-state index in [2.05, 4.69) is 15.9 Å². The maximum atomic E-state index is 11.4. The van der Waals surface area contributed by atoms with Crippen LogP contribution >= 0.6 is 26.6 Å². The Kier molecular flexibility index (Phi) is 4.00. The van der Waals surface area contributed by atoms with Gasteiger partial charge >= 0.3 is 0 Å². The standard InChI is InChI=1S/C11H12BrClO3S/c12-9-3-4-10(11(7-9)17(13,14)15)16-6-5-8-1-2-8/h3-4,7-8H,1-2,5-6H2. The van der Waals surface area contributed by atoms with Crippen LogP contribution in [0.2, 0.25) is 0 Å². The molecule has 0 aliphatic heterocycles. The van der Waals surface area contributed by atoms with Crippen molar-refractivity contribution in [2.75, 3.05) is 6.61 Å². The average Bonchev–Trinajstić information content (AvgIpc) is 3.02. The highest BCUT2D eigenvalue weighted by atomic mass is 79.9. The second kappa shape index (κ2) is 5.16. The third-order valence-corrected chi connectivity index (χ3v) is 4.49. The minimum atomic E-state index is -3.77. The summed E-state index contributed by atoms with van der Waals surface area (Å²) in [5.41, 5.74) is 0. The lowest BCUT2D eigenvalue weighted by molar-refractivity contribution is 0.295. The molecule has 1 saturated carbocycles. The van der Waals surface area contributed by atoms with Gasteiger partial charge in [-0.3, -0.25) is 0 Å². The minimum absolute atomic E-state index is 0.0179. The Labute approximate surface area is 114 Å². The number of ether oxygens (including phenoxy) is 1. The lowest BCUT2D eigenvalue weighted by Gasteiger charge is -2.09. The predicted octanol–water partition coefficient (Wildman–Crippen LogP) is 3.56. The fraction of sp³-hybridized carbons (Fsp3) is 0.455. The first kappa shape index (κ1) is 13.2. The summed E-state index contributed by atoms with van der Waals surface area (Å²) in [6.07, 6.45) is 3.48. The molecule has 1 fully saturated rings. The summed E-state index contributed by atoms with van der Waals surface area (Å²) >= 11 is 3.21. The van der Waals surface area contributed by atoms with Gasteiger partial charge in [-0.2, -0.15) is 0 Å². The van der Waals surface area contributed by atoms with Gasteiger partial charge in [0.15, 0.2) is 0 Å². The molecule has 0 aromatic heterocycles. The summed E-state index contributed by atoms with van der Waals surface area (Å²) in [6.45, 7) is 0.533. The molecular formula is C11H12BrClO3S. The molecule has 1 aromatic rings. The molecule has 17 heavy (non-hydrogen) atoms. The summed E-state index contributed by atoms with van der Waals surface area (Å²) in [6, 6.07) is 4.80. The van der Waals surface area contributed by atoms with E-state index in [4.69, 9.17) is 15.4 Å². The van der Waals surface area contributed by atoms with E-state index < -0.39 is 9.05 Å². The Hall–Kier alpha value is -0.260. The number of hydrogen-bond acceptors (Lipinski definition) is 3. The third kappa shape index (κ3) is 3.86. The zero-order valence-electron chi connectivity index (χ0n) is 9.03. The Morgan fingerprint density at radius 1 is 1.41 bits per heavy atom. The van der Waals surface area contributed by atoms with E-state index in [1.165, 1.54) is 18.9 Å². The molecule has 1 aliphatic rings. The lowest BCUT2D eigenvalue weighted by atomic mass is 10.3. The van der Waals surface area contributed by atoms with Crippen molar-refractivity contribution in [3.8, 4) is 5.75 Å². The van der Waals surface area contributed by atoms with Crippen LogP contribution in [0.15, 0.2) is 27.6 Å². The molecule has 0 saturated heterocycles. The van der Waals surface area contributed by atoms with Gasteiger partial charge in [-0.1, -0.05) is 28.8 Å². The summed E-state index contributed by atoms with van der Waals surface area (Å²) < 4.78 is 28.9. The number of benzene rings is 1. The third-order valence-electron chi connectivity index (χ3n) is 2.65. The van der Waals surface area contributed by atoms with Gasteiger partial charge in [0.2, 0.25) is 0 Å². The fourth-order valence-corrected chi connectivity index (χ4v) is 3.04. The quantitative estimate of drug-likeness (QED) is 0.770. The minimum Gasteiger partial charge on any atom is -0.492 e. The molecule has 6 heteroatoms. The van der Waals surface area contributed by atoms with Gasteiger partial charge in [-0.05, 0) is 30.5 Å². The van der Waals surface area contributed by atoms with Crippen LogP contribution < -0.4 is 4.74 Å². The Morgan fingerprint density at radius 2 is 2.12 bits per heavy atom. The maximum Gasteiger partial charge on any atom is 0.265 e. The van der Waals surface area contributed by atoms with Gasteiger partial charge in [-0.15, -0.1) is 0 Å². The molecule has 94 valence electrons. The molecule has 0 spiro atoms. The summed E-state index contributed by atoms with van der Waals surface area (Å²) in [7, 11) is 1.59. The van der Waals surface area contributed by atoms with Crippen LogP contribution in [-0.4, -0.2) is 15.0 Å². The second-order valence-corrected chi connectivity index (χ2v) is 7.56. The van der Waals surface area contributed by atoms with Crippen LogP contribution in [0.5, 0.6) is 5.75 Å². The van der Waals surface area contributed by atoms with E-state index in [0.717, 1.165) is 12.3 Å². The summed E-state index contributed by atoms with van der Waals surface area (Å²) in [5.74, 6) is 1.07. The molecule has 1 aliphatic carbocycles. The molecular weight excluding hydrogens is 328 g/mol. The Bertz CT molecular complexity index is 511. The van der Waals surface area contributed by atoms with Crippen molar-refractivity contribution in [3.63, 3.8) is 0 Å². The van der Waals surface area contributed by atoms with Crippen molar-refractivity contribution in [1.82, 2.24) is 0 Å². The van der Waals surface area contributed by atoms with Crippen molar-refractivity contribution in [3.05, 3.63) is 22.7 Å². The van der Waals surface area contributed by atoms with Crippen LogP contribution in [0.3, 0.4) is 0 Å². The van der Waals surface area contributed by atoms with Crippen LogP contribution in [-0.2, 0) is 9.05 Å². The van der Waals surface area contributed by atoms with E-state index in [1.807, 2.05) is 0 Å². The van der Waals surface area contributed by atoms with Crippen molar-refractivity contribution in [2.24, 2.45) is 5.92 Å². The van der Waals surface area contributed by atoms with Crippen LogP contribution in [0.4, 0.5) is 0 Å². The number of rotatable bonds is 5. The molecule has 3 nitrogen and oxygen atoms in total. The zero-order chi connectivity index (χ0) is 12.5. The normalized spacial score (nSPS) is 15.9. The van der Waals surface area contributed by atoms with E-state index in [1.54, 1.807) is 12.1 Å². The van der Waals surface area contributed by atoms with E-state index in [0.29, 0.717) is 16.8 Å². The highest BCUT2D eigenvalue weighted by Crippen LogP contribution is 2.34. The van der Waals surface area contributed by atoms with E-state index >= 15 is 0 Å². The van der Waals surface area contributed by atoms with Crippen LogP contribution in [0.25, 0.3) is 0 Å². The maximum absolute atomic E-state index is 11.4. The molecule has 0 unspecified atom stereocenters. The van der Waals surface area contributed by atoms with Gasteiger partial charge in [0, 0.05) is 15.2 Å². The molecule has 0 heterocycles. The second-order valence-electron chi connectivity index (χ2n) is 4.11. The topological polar surface area (TPSA) is 43.4 Å². The molecule has 1 aromatic carbocycles. The highest BCUT2D eigenvalue weighted by Gasteiger charge is 2.22. The first-order valence-electron chi connectivity index (χ1n) is 5.34. The van der Waals surface area contributed by atoms with E-state index in [-0.39, 0.29) is 4.90 Å². The Balaban J connectivity index is 2.13. The number of halogens is 2. The van der Waals surface area contributed by atoms with Gasteiger partial charge in [0.05, 0.1) is 6.61 Å². The van der Waals surface area contributed by atoms with Gasteiger partial charge in [0.1, 0.15) is 10.6 Å². The first-order valence-corrected chi connectivity index (χ1v) is 8.44. The van der Waals surface area contributed by atoms with Crippen molar-refractivity contribution in [2.45, 2.75) is 24.2 Å². The fourth-order valence-electron chi connectivity index (χ4n) is 1.53.